The largest absolute Gasteiger partial charge is 0.450 e. The van der Waals surface area contributed by atoms with Gasteiger partial charge in [0, 0.05) is 22.3 Å². The lowest BCUT2D eigenvalue weighted by Gasteiger charge is -2.33. The van der Waals surface area contributed by atoms with Crippen molar-refractivity contribution in [3.8, 4) is 79.4 Å². The lowest BCUT2D eigenvalue weighted by atomic mass is 9.70. The van der Waals surface area contributed by atoms with E-state index in [9.17, 15) is 0 Å². The lowest BCUT2D eigenvalue weighted by molar-refractivity contribution is 0.354. The molecular weight excluding hydrogens is 627 g/mol. The minimum Gasteiger partial charge on any atom is -0.450 e. The number of ether oxygens (including phenoxy) is 2. The van der Waals surface area contributed by atoms with E-state index in [0.717, 1.165) is 44.7 Å². The standard InChI is InChI=1S/C46H27N3O2/c1-3-13-28(14-4-1)43-47-44(29-15-5-2-6-16-29)49-45(48-43)30-23-24-33-34-25-26-40-42(51-39-22-12-11-21-38(39)50-40)41(34)46(37(33)27-30)35-19-9-7-17-31(35)32-18-8-10-20-36(32)46/h1-27H. The number of rotatable bonds is 3. The van der Waals surface area contributed by atoms with E-state index < -0.39 is 5.41 Å². The first-order valence-electron chi connectivity index (χ1n) is 17.1. The van der Waals surface area contributed by atoms with Crippen molar-refractivity contribution >= 4 is 0 Å². The summed E-state index contributed by atoms with van der Waals surface area (Å²) in [6.07, 6.45) is 0. The van der Waals surface area contributed by atoms with Gasteiger partial charge < -0.3 is 9.47 Å². The second-order valence-electron chi connectivity index (χ2n) is 13.1. The summed E-state index contributed by atoms with van der Waals surface area (Å²) in [5.74, 6) is 4.75. The van der Waals surface area contributed by atoms with E-state index in [-0.39, 0.29) is 0 Å². The first-order chi connectivity index (χ1) is 25.3. The fraction of sp³-hybridized carbons (Fsp3) is 0.0217. The molecule has 0 N–H and O–H groups in total. The molecule has 11 rings (SSSR count). The average Bonchev–Trinajstić information content (AvgIpc) is 3.67. The zero-order valence-corrected chi connectivity index (χ0v) is 27.2. The highest BCUT2D eigenvalue weighted by molar-refractivity contribution is 5.98. The topological polar surface area (TPSA) is 57.1 Å². The van der Waals surface area contributed by atoms with E-state index in [2.05, 4.69) is 72.8 Å². The molecule has 0 saturated heterocycles. The molecule has 0 radical (unpaired) electrons. The Morgan fingerprint density at radius 3 is 1.47 bits per heavy atom. The van der Waals surface area contributed by atoms with Crippen LogP contribution in [0.3, 0.4) is 0 Å². The Morgan fingerprint density at radius 1 is 0.353 bits per heavy atom. The van der Waals surface area contributed by atoms with Crippen molar-refractivity contribution in [1.29, 1.82) is 0 Å². The molecule has 238 valence electrons. The summed E-state index contributed by atoms with van der Waals surface area (Å²) < 4.78 is 13.4. The molecule has 1 spiro atoms. The molecule has 0 saturated carbocycles. The van der Waals surface area contributed by atoms with Crippen LogP contribution in [0.5, 0.6) is 23.0 Å². The van der Waals surface area contributed by atoms with Gasteiger partial charge in [-0.15, -0.1) is 0 Å². The molecule has 5 nitrogen and oxygen atoms in total. The summed E-state index contributed by atoms with van der Waals surface area (Å²) >= 11 is 0. The maximum Gasteiger partial charge on any atom is 0.175 e. The van der Waals surface area contributed by atoms with Gasteiger partial charge in [0.2, 0.25) is 0 Å². The number of fused-ring (bicyclic) bond motifs is 13. The molecule has 0 atom stereocenters. The fourth-order valence-corrected chi connectivity index (χ4v) is 8.28. The van der Waals surface area contributed by atoms with E-state index in [0.29, 0.717) is 34.7 Å². The van der Waals surface area contributed by atoms with E-state index in [1.54, 1.807) is 0 Å². The van der Waals surface area contributed by atoms with Gasteiger partial charge in [-0.3, -0.25) is 0 Å². The Bertz CT molecular complexity index is 2600. The number of benzene rings is 7. The molecule has 2 heterocycles. The summed E-state index contributed by atoms with van der Waals surface area (Å²) in [4.78, 5) is 15.2. The van der Waals surface area contributed by atoms with E-state index in [1.807, 2.05) is 91.0 Å². The summed E-state index contributed by atoms with van der Waals surface area (Å²) in [5, 5.41) is 0. The SMILES string of the molecule is c1ccc(-c2nc(-c3ccccc3)nc(-c3ccc4c(c3)C3(c5ccccc5-c5ccccc53)c3c-4ccc4c3Oc3ccccc3O4)n2)cc1. The van der Waals surface area contributed by atoms with Crippen LogP contribution in [-0.2, 0) is 5.41 Å². The molecule has 2 aliphatic carbocycles. The first kappa shape index (κ1) is 28.0. The smallest absolute Gasteiger partial charge is 0.175 e. The van der Waals surface area contributed by atoms with Gasteiger partial charge in [0.25, 0.3) is 0 Å². The Kier molecular flexibility index (Phi) is 5.81. The van der Waals surface area contributed by atoms with Crippen LogP contribution in [0.15, 0.2) is 164 Å². The summed E-state index contributed by atoms with van der Waals surface area (Å²) in [5.41, 5.74) is 11.5. The van der Waals surface area contributed by atoms with Crippen LogP contribution in [0, 0.1) is 0 Å². The van der Waals surface area contributed by atoms with Gasteiger partial charge in [0.1, 0.15) is 0 Å². The Balaban J connectivity index is 1.20. The highest BCUT2D eigenvalue weighted by atomic mass is 16.6. The van der Waals surface area contributed by atoms with E-state index >= 15 is 0 Å². The van der Waals surface area contributed by atoms with Gasteiger partial charge in [-0.2, -0.15) is 0 Å². The predicted octanol–water partition coefficient (Wildman–Crippen LogP) is 11.1. The fourth-order valence-electron chi connectivity index (χ4n) is 8.28. The molecule has 0 bridgehead atoms. The van der Waals surface area contributed by atoms with Crippen molar-refractivity contribution in [3.63, 3.8) is 0 Å². The Morgan fingerprint density at radius 2 is 0.843 bits per heavy atom. The molecular formula is C46H27N3O2. The van der Waals surface area contributed by atoms with Crippen molar-refractivity contribution in [2.75, 3.05) is 0 Å². The number of hydrogen-bond donors (Lipinski definition) is 0. The average molecular weight is 654 g/mol. The summed E-state index contributed by atoms with van der Waals surface area (Å²) in [6, 6.07) is 56.5. The van der Waals surface area contributed by atoms with Crippen LogP contribution in [0.25, 0.3) is 56.4 Å². The number of hydrogen-bond acceptors (Lipinski definition) is 5. The monoisotopic (exact) mass is 653 g/mol. The summed E-state index contributed by atoms with van der Waals surface area (Å²) in [6.45, 7) is 0. The Hall–Kier alpha value is -6.85. The maximum atomic E-state index is 6.85. The molecule has 0 amide bonds. The number of para-hydroxylation sites is 2. The third-order valence-electron chi connectivity index (χ3n) is 10.4. The van der Waals surface area contributed by atoms with Gasteiger partial charge in [-0.25, -0.2) is 15.0 Å². The minimum absolute atomic E-state index is 0.617. The third-order valence-corrected chi connectivity index (χ3v) is 10.4. The van der Waals surface area contributed by atoms with Crippen LogP contribution >= 0.6 is 0 Å². The summed E-state index contributed by atoms with van der Waals surface area (Å²) in [7, 11) is 0. The second-order valence-corrected chi connectivity index (χ2v) is 13.1. The third kappa shape index (κ3) is 3.94. The first-order valence-corrected chi connectivity index (χ1v) is 17.1. The lowest BCUT2D eigenvalue weighted by Crippen LogP contribution is -2.27. The van der Waals surface area contributed by atoms with Gasteiger partial charge in [-0.05, 0) is 63.2 Å². The Labute approximate surface area is 294 Å². The molecule has 0 unspecified atom stereocenters. The second kappa shape index (κ2) is 10.6. The molecule has 1 aromatic heterocycles. The van der Waals surface area contributed by atoms with E-state index in [1.165, 1.54) is 22.3 Å². The van der Waals surface area contributed by atoms with Gasteiger partial charge in [0.05, 0.1) is 5.41 Å². The molecule has 5 heteroatoms. The highest BCUT2D eigenvalue weighted by Gasteiger charge is 2.54. The predicted molar refractivity (Wildman–Crippen MR) is 199 cm³/mol. The van der Waals surface area contributed by atoms with Crippen molar-refractivity contribution in [1.82, 2.24) is 15.0 Å². The zero-order valence-electron chi connectivity index (χ0n) is 27.2. The van der Waals surface area contributed by atoms with Crippen molar-refractivity contribution in [2.45, 2.75) is 5.41 Å². The molecule has 8 aromatic rings. The highest BCUT2D eigenvalue weighted by Crippen LogP contribution is 2.67. The van der Waals surface area contributed by atoms with Crippen LogP contribution < -0.4 is 9.47 Å². The van der Waals surface area contributed by atoms with Crippen molar-refractivity contribution in [3.05, 3.63) is 186 Å². The maximum absolute atomic E-state index is 6.85. The van der Waals surface area contributed by atoms with Crippen LogP contribution in [0.1, 0.15) is 22.3 Å². The van der Waals surface area contributed by atoms with Gasteiger partial charge in [0.15, 0.2) is 40.5 Å². The minimum atomic E-state index is -0.674. The number of nitrogens with zero attached hydrogens (tertiary/aromatic N) is 3. The number of aromatic nitrogens is 3. The van der Waals surface area contributed by atoms with Crippen LogP contribution in [0.4, 0.5) is 0 Å². The quantitative estimate of drug-likeness (QED) is 0.190. The van der Waals surface area contributed by atoms with E-state index in [4.69, 9.17) is 24.4 Å². The molecule has 3 aliphatic rings. The van der Waals surface area contributed by atoms with Gasteiger partial charge >= 0.3 is 0 Å². The molecule has 0 fully saturated rings. The van der Waals surface area contributed by atoms with Crippen LogP contribution in [-0.4, -0.2) is 15.0 Å². The van der Waals surface area contributed by atoms with Crippen molar-refractivity contribution < 1.29 is 9.47 Å². The normalized spacial score (nSPS) is 13.6. The molecule has 7 aromatic carbocycles. The zero-order chi connectivity index (χ0) is 33.5. The van der Waals surface area contributed by atoms with Crippen molar-refractivity contribution in [2.24, 2.45) is 0 Å². The molecule has 1 aliphatic heterocycles. The molecule has 51 heavy (non-hydrogen) atoms. The van der Waals surface area contributed by atoms with Crippen LogP contribution in [0.2, 0.25) is 0 Å². The van der Waals surface area contributed by atoms with Gasteiger partial charge in [-0.1, -0.05) is 140 Å².